The monoisotopic (exact) mass is 316 g/mol. The number of rotatable bonds is 2. The number of carboxylic acid groups (broad SMARTS) is 1. The Morgan fingerprint density at radius 2 is 1.78 bits per heavy atom. The van der Waals surface area contributed by atoms with Crippen molar-refractivity contribution in [2.75, 3.05) is 19.6 Å². The predicted octanol–water partition coefficient (Wildman–Crippen LogP) is 3.79. The lowest BCUT2D eigenvalue weighted by atomic mass is 9.76. The van der Waals surface area contributed by atoms with Crippen LogP contribution in [0.4, 0.5) is 4.79 Å². The fourth-order valence-electron chi connectivity index (χ4n) is 4.33. The van der Waals surface area contributed by atoms with Crippen LogP contribution in [0.1, 0.15) is 51.0 Å². The fourth-order valence-corrected chi connectivity index (χ4v) is 4.33. The molecule has 0 aliphatic carbocycles. The van der Waals surface area contributed by atoms with Crippen molar-refractivity contribution in [1.29, 1.82) is 0 Å². The molecule has 1 N–H and O–H groups in total. The Morgan fingerprint density at radius 1 is 1.13 bits per heavy atom. The molecule has 2 aliphatic rings. The summed E-state index contributed by atoms with van der Waals surface area (Å²) in [6.45, 7) is 7.03. The van der Waals surface area contributed by atoms with Crippen LogP contribution in [-0.4, -0.2) is 52.2 Å². The van der Waals surface area contributed by atoms with Gasteiger partial charge in [-0.2, -0.15) is 0 Å². The van der Waals surface area contributed by atoms with Gasteiger partial charge < -0.3 is 10.0 Å². The molecule has 2 aliphatic heterocycles. The Balaban J connectivity index is 1.91. The molecule has 0 aromatic heterocycles. The Bertz CT molecular complexity index is 538. The molecule has 1 aromatic carbocycles. The third-order valence-electron chi connectivity index (χ3n) is 5.60. The predicted molar refractivity (Wildman–Crippen MR) is 91.8 cm³/mol. The molecule has 126 valence electrons. The minimum absolute atomic E-state index is 0.262. The highest BCUT2D eigenvalue weighted by Gasteiger charge is 2.45. The smallest absolute Gasteiger partial charge is 0.407 e. The summed E-state index contributed by atoms with van der Waals surface area (Å²) in [6.07, 6.45) is 3.96. The minimum atomic E-state index is -0.798. The van der Waals surface area contributed by atoms with Gasteiger partial charge in [-0.15, -0.1) is 0 Å². The van der Waals surface area contributed by atoms with Crippen molar-refractivity contribution < 1.29 is 9.90 Å². The molecule has 2 fully saturated rings. The van der Waals surface area contributed by atoms with Crippen LogP contribution >= 0.6 is 0 Å². The van der Waals surface area contributed by atoms with Crippen LogP contribution in [-0.2, 0) is 0 Å². The second kappa shape index (κ2) is 6.52. The van der Waals surface area contributed by atoms with E-state index in [-0.39, 0.29) is 11.5 Å². The Morgan fingerprint density at radius 3 is 2.39 bits per heavy atom. The van der Waals surface area contributed by atoms with Crippen LogP contribution in [0.3, 0.4) is 0 Å². The molecule has 23 heavy (non-hydrogen) atoms. The number of hydrogen-bond acceptors (Lipinski definition) is 2. The molecule has 2 saturated heterocycles. The molecule has 3 rings (SSSR count). The molecule has 2 heterocycles. The highest BCUT2D eigenvalue weighted by Crippen LogP contribution is 2.39. The summed E-state index contributed by atoms with van der Waals surface area (Å²) in [5.41, 5.74) is 0.962. The zero-order valence-corrected chi connectivity index (χ0v) is 14.2. The molecule has 0 bridgehead atoms. The normalized spacial score (nSPS) is 28.5. The first kappa shape index (κ1) is 16.3. The van der Waals surface area contributed by atoms with Crippen molar-refractivity contribution >= 4 is 6.09 Å². The Hall–Kier alpha value is -1.55. The van der Waals surface area contributed by atoms with Crippen molar-refractivity contribution in [3.05, 3.63) is 35.9 Å². The first-order valence-electron chi connectivity index (χ1n) is 8.78. The van der Waals surface area contributed by atoms with Crippen LogP contribution in [0, 0.1) is 0 Å². The summed E-state index contributed by atoms with van der Waals surface area (Å²) in [4.78, 5) is 16.0. The number of hydrogen-bond donors (Lipinski definition) is 1. The van der Waals surface area contributed by atoms with Crippen LogP contribution in [0.5, 0.6) is 0 Å². The van der Waals surface area contributed by atoms with Gasteiger partial charge in [-0.1, -0.05) is 36.8 Å². The molecular weight excluding hydrogens is 288 g/mol. The largest absolute Gasteiger partial charge is 0.465 e. The average molecular weight is 316 g/mol. The van der Waals surface area contributed by atoms with Crippen molar-refractivity contribution in [1.82, 2.24) is 9.80 Å². The number of carbonyl (C=O) groups is 1. The number of piperidine rings is 2. The number of amides is 1. The second-order valence-electron chi connectivity index (χ2n) is 7.59. The van der Waals surface area contributed by atoms with Gasteiger partial charge in [0.15, 0.2) is 0 Å². The molecule has 0 radical (unpaired) electrons. The van der Waals surface area contributed by atoms with Crippen LogP contribution in [0.2, 0.25) is 0 Å². The first-order valence-corrected chi connectivity index (χ1v) is 8.78. The fraction of sp³-hybridized carbons (Fsp3) is 0.632. The van der Waals surface area contributed by atoms with Gasteiger partial charge in [-0.05, 0) is 51.8 Å². The third kappa shape index (κ3) is 3.37. The maximum absolute atomic E-state index is 11.7. The van der Waals surface area contributed by atoms with Gasteiger partial charge >= 0.3 is 6.09 Å². The summed E-state index contributed by atoms with van der Waals surface area (Å²) in [6, 6.07) is 10.9. The number of benzene rings is 1. The molecule has 1 amide bonds. The second-order valence-corrected chi connectivity index (χ2v) is 7.59. The SMILES string of the molecule is CC1(C)CC(N2CCCCC2)C(c2ccccc2)CN1C(=O)O. The van der Waals surface area contributed by atoms with E-state index in [1.54, 1.807) is 4.90 Å². The molecule has 1 aromatic rings. The van der Waals surface area contributed by atoms with Crippen LogP contribution in [0.25, 0.3) is 0 Å². The molecule has 0 spiro atoms. The molecule has 0 saturated carbocycles. The van der Waals surface area contributed by atoms with E-state index in [0.29, 0.717) is 12.6 Å². The van der Waals surface area contributed by atoms with Gasteiger partial charge in [-0.25, -0.2) is 4.79 Å². The standard InChI is InChI=1S/C19H28N2O2/c1-19(2)13-17(20-11-7-4-8-12-20)16(14-21(19)18(22)23)15-9-5-3-6-10-15/h3,5-6,9-10,16-17H,4,7-8,11-14H2,1-2H3,(H,22,23). The summed E-state index contributed by atoms with van der Waals surface area (Å²) < 4.78 is 0. The quantitative estimate of drug-likeness (QED) is 0.903. The van der Waals surface area contributed by atoms with Gasteiger partial charge in [0.1, 0.15) is 0 Å². The van der Waals surface area contributed by atoms with E-state index in [1.807, 2.05) is 6.07 Å². The van der Waals surface area contributed by atoms with Gasteiger partial charge in [0.25, 0.3) is 0 Å². The average Bonchev–Trinajstić information content (AvgIpc) is 2.55. The highest BCUT2D eigenvalue weighted by molar-refractivity contribution is 5.66. The molecule has 2 unspecified atom stereocenters. The maximum atomic E-state index is 11.7. The minimum Gasteiger partial charge on any atom is -0.465 e. The summed E-state index contributed by atoms with van der Waals surface area (Å²) >= 11 is 0. The summed E-state index contributed by atoms with van der Waals surface area (Å²) in [7, 11) is 0. The van der Waals surface area contributed by atoms with E-state index < -0.39 is 6.09 Å². The van der Waals surface area contributed by atoms with Gasteiger partial charge in [0.2, 0.25) is 0 Å². The zero-order valence-electron chi connectivity index (χ0n) is 14.2. The zero-order chi connectivity index (χ0) is 16.4. The number of likely N-dealkylation sites (tertiary alicyclic amines) is 2. The molecule has 4 heteroatoms. The Labute approximate surface area is 139 Å². The first-order chi connectivity index (χ1) is 11.0. The summed E-state index contributed by atoms with van der Waals surface area (Å²) in [5.74, 6) is 0.262. The lowest BCUT2D eigenvalue weighted by Gasteiger charge is -2.52. The van der Waals surface area contributed by atoms with Gasteiger partial charge in [0, 0.05) is 24.0 Å². The van der Waals surface area contributed by atoms with E-state index in [2.05, 4.69) is 43.0 Å². The topological polar surface area (TPSA) is 43.8 Å². The lowest BCUT2D eigenvalue weighted by Crippen LogP contribution is -2.60. The van der Waals surface area contributed by atoms with E-state index in [4.69, 9.17) is 0 Å². The van der Waals surface area contributed by atoms with Crippen molar-refractivity contribution in [3.8, 4) is 0 Å². The highest BCUT2D eigenvalue weighted by atomic mass is 16.4. The van der Waals surface area contributed by atoms with E-state index in [0.717, 1.165) is 19.5 Å². The van der Waals surface area contributed by atoms with Crippen LogP contribution in [0.15, 0.2) is 30.3 Å². The lowest BCUT2D eigenvalue weighted by molar-refractivity contribution is 0.00489. The maximum Gasteiger partial charge on any atom is 0.407 e. The van der Waals surface area contributed by atoms with Gasteiger partial charge in [-0.3, -0.25) is 4.90 Å². The Kier molecular flexibility index (Phi) is 4.62. The van der Waals surface area contributed by atoms with Crippen LogP contribution < -0.4 is 0 Å². The molecule has 4 nitrogen and oxygen atoms in total. The number of nitrogens with zero attached hydrogens (tertiary/aromatic N) is 2. The van der Waals surface area contributed by atoms with Crippen molar-refractivity contribution in [2.24, 2.45) is 0 Å². The molecular formula is C19H28N2O2. The van der Waals surface area contributed by atoms with Gasteiger partial charge in [0.05, 0.1) is 0 Å². The summed E-state index contributed by atoms with van der Waals surface area (Å²) in [5, 5.41) is 9.65. The van der Waals surface area contributed by atoms with Crippen molar-refractivity contribution in [3.63, 3.8) is 0 Å². The third-order valence-corrected chi connectivity index (χ3v) is 5.60. The van der Waals surface area contributed by atoms with E-state index >= 15 is 0 Å². The van der Waals surface area contributed by atoms with E-state index in [1.165, 1.54) is 24.8 Å². The van der Waals surface area contributed by atoms with E-state index in [9.17, 15) is 9.90 Å². The van der Waals surface area contributed by atoms with Crippen molar-refractivity contribution in [2.45, 2.75) is 57.0 Å². The molecule has 2 atom stereocenters.